The highest BCUT2D eigenvalue weighted by atomic mass is 35.5. The van der Waals surface area contributed by atoms with Crippen LogP contribution in [0.3, 0.4) is 0 Å². The first-order chi connectivity index (χ1) is 14.5. The van der Waals surface area contributed by atoms with E-state index >= 15 is 0 Å². The summed E-state index contributed by atoms with van der Waals surface area (Å²) in [4.78, 5) is 21.0. The van der Waals surface area contributed by atoms with Crippen LogP contribution in [0, 0.1) is 20.2 Å². The number of sulfonamides is 1. The van der Waals surface area contributed by atoms with E-state index in [-0.39, 0.29) is 34.4 Å². The molecule has 0 atom stereocenters. The van der Waals surface area contributed by atoms with Gasteiger partial charge in [0, 0.05) is 30.8 Å². The molecule has 0 amide bonds. The molecular weight excluding hydrogens is 450 g/mol. The van der Waals surface area contributed by atoms with Crippen molar-refractivity contribution in [2.75, 3.05) is 18.5 Å². The number of nitro groups is 2. The van der Waals surface area contributed by atoms with Crippen LogP contribution in [0.4, 0.5) is 17.1 Å². The molecule has 2 aromatic carbocycles. The Morgan fingerprint density at radius 3 is 2.23 bits per heavy atom. The van der Waals surface area contributed by atoms with Gasteiger partial charge in [-0.2, -0.15) is 9.41 Å². The van der Waals surface area contributed by atoms with Gasteiger partial charge in [0.25, 0.3) is 11.4 Å². The first-order valence-corrected chi connectivity index (χ1v) is 10.9. The van der Waals surface area contributed by atoms with Gasteiger partial charge in [0.2, 0.25) is 10.0 Å². The third-order valence-corrected chi connectivity index (χ3v) is 6.78. The molecule has 2 rings (SSSR count). The molecular formula is C18H20ClN5O6S. The van der Waals surface area contributed by atoms with E-state index in [1.165, 1.54) is 34.6 Å². The molecule has 166 valence electrons. The maximum Gasteiger partial charge on any atom is 0.295 e. The summed E-state index contributed by atoms with van der Waals surface area (Å²) in [7, 11) is -3.88. The third-order valence-electron chi connectivity index (χ3n) is 4.41. The predicted molar refractivity (Wildman–Crippen MR) is 117 cm³/mol. The quantitative estimate of drug-likeness (QED) is 0.331. The number of nitro benzene ring substituents is 2. The number of rotatable bonds is 9. The van der Waals surface area contributed by atoms with Crippen LogP contribution in [-0.2, 0) is 10.0 Å². The fraction of sp³-hybridized carbons (Fsp3) is 0.278. The molecule has 0 aliphatic heterocycles. The van der Waals surface area contributed by atoms with Crippen LogP contribution in [0.2, 0.25) is 5.02 Å². The van der Waals surface area contributed by atoms with Gasteiger partial charge in [0.05, 0.1) is 20.5 Å². The highest BCUT2D eigenvalue weighted by Crippen LogP contribution is 2.29. The van der Waals surface area contributed by atoms with Gasteiger partial charge < -0.3 is 0 Å². The smallest absolute Gasteiger partial charge is 0.271 e. The zero-order valence-electron chi connectivity index (χ0n) is 16.9. The van der Waals surface area contributed by atoms with Gasteiger partial charge in [-0.15, -0.1) is 0 Å². The fourth-order valence-electron chi connectivity index (χ4n) is 2.72. The summed E-state index contributed by atoms with van der Waals surface area (Å²) in [5.74, 6) is 0. The van der Waals surface area contributed by atoms with Crippen molar-refractivity contribution in [3.8, 4) is 0 Å². The molecule has 0 fully saturated rings. The van der Waals surface area contributed by atoms with Gasteiger partial charge in [0.15, 0.2) is 0 Å². The van der Waals surface area contributed by atoms with Gasteiger partial charge in [-0.25, -0.2) is 8.42 Å². The van der Waals surface area contributed by atoms with Gasteiger partial charge in [0.1, 0.15) is 10.7 Å². The molecule has 31 heavy (non-hydrogen) atoms. The standard InChI is InChI=1S/C18H20ClN5O6S/c1-4-22(5-2)31(29,30)14-7-9-16(18(11-14)24(27)28)21-20-12(3)13-6-8-15(19)17(10-13)23(25)26/h6-11,21H,4-5H2,1-3H3/b20-12-. The number of hydrogen-bond acceptors (Lipinski definition) is 8. The van der Waals surface area contributed by atoms with Crippen LogP contribution in [0.25, 0.3) is 0 Å². The monoisotopic (exact) mass is 469 g/mol. The Morgan fingerprint density at radius 2 is 1.68 bits per heavy atom. The van der Waals surface area contributed by atoms with E-state index in [0.29, 0.717) is 11.3 Å². The lowest BCUT2D eigenvalue weighted by Crippen LogP contribution is -2.30. The number of nitrogens with one attached hydrogen (secondary N) is 1. The van der Waals surface area contributed by atoms with E-state index in [9.17, 15) is 28.6 Å². The second kappa shape index (κ2) is 9.81. The minimum atomic E-state index is -3.88. The van der Waals surface area contributed by atoms with Gasteiger partial charge >= 0.3 is 0 Å². The van der Waals surface area contributed by atoms with Crippen LogP contribution >= 0.6 is 11.6 Å². The molecule has 1 N–H and O–H groups in total. The zero-order chi connectivity index (χ0) is 23.3. The SMILES string of the molecule is CCN(CC)S(=O)(=O)c1ccc(N/N=C(/C)c2ccc(Cl)c([N+](=O)[O-])c2)c([N+](=O)[O-])c1. The van der Waals surface area contributed by atoms with Crippen molar-refractivity contribution in [1.82, 2.24) is 4.31 Å². The van der Waals surface area contributed by atoms with E-state index < -0.39 is 25.6 Å². The highest BCUT2D eigenvalue weighted by Gasteiger charge is 2.25. The van der Waals surface area contributed by atoms with Crippen LogP contribution < -0.4 is 5.43 Å². The van der Waals surface area contributed by atoms with E-state index in [1.807, 2.05) is 0 Å². The minimum absolute atomic E-state index is 0.0323. The first-order valence-electron chi connectivity index (χ1n) is 9.06. The second-order valence-electron chi connectivity index (χ2n) is 6.26. The largest absolute Gasteiger partial charge is 0.295 e. The lowest BCUT2D eigenvalue weighted by Gasteiger charge is -2.18. The maximum absolute atomic E-state index is 12.6. The van der Waals surface area contributed by atoms with E-state index in [1.54, 1.807) is 20.8 Å². The summed E-state index contributed by atoms with van der Waals surface area (Å²) >= 11 is 5.79. The Kier molecular flexibility index (Phi) is 7.65. The Balaban J connectivity index is 2.41. The Hall–Kier alpha value is -3.09. The zero-order valence-corrected chi connectivity index (χ0v) is 18.5. The van der Waals surface area contributed by atoms with Crippen LogP contribution in [-0.4, -0.2) is 41.4 Å². The minimum Gasteiger partial charge on any atom is -0.271 e. The molecule has 0 unspecified atom stereocenters. The molecule has 0 spiro atoms. The van der Waals surface area contributed by atoms with Gasteiger partial charge in [-0.3, -0.25) is 25.7 Å². The second-order valence-corrected chi connectivity index (χ2v) is 8.60. The highest BCUT2D eigenvalue weighted by molar-refractivity contribution is 7.89. The first kappa shape index (κ1) is 24.2. The van der Waals surface area contributed by atoms with Crippen molar-refractivity contribution >= 4 is 44.4 Å². The molecule has 0 aromatic heterocycles. The molecule has 0 aliphatic rings. The van der Waals surface area contributed by atoms with Crippen molar-refractivity contribution in [2.24, 2.45) is 5.10 Å². The fourth-order valence-corrected chi connectivity index (χ4v) is 4.38. The molecule has 2 aromatic rings. The Bertz CT molecular complexity index is 1150. The van der Waals surface area contributed by atoms with Crippen LogP contribution in [0.5, 0.6) is 0 Å². The Morgan fingerprint density at radius 1 is 1.06 bits per heavy atom. The summed E-state index contributed by atoms with van der Waals surface area (Å²) in [5.41, 5.74) is 2.39. The topological polar surface area (TPSA) is 148 Å². The molecule has 13 heteroatoms. The van der Waals surface area contributed by atoms with Crippen LogP contribution in [0.1, 0.15) is 26.3 Å². The molecule has 0 saturated heterocycles. The number of hydrogen-bond donors (Lipinski definition) is 1. The molecule has 11 nitrogen and oxygen atoms in total. The number of anilines is 1. The molecule has 0 radical (unpaired) electrons. The summed E-state index contributed by atoms with van der Waals surface area (Å²) in [6.45, 7) is 5.34. The number of hydrazone groups is 1. The molecule has 0 saturated carbocycles. The average molecular weight is 470 g/mol. The summed E-state index contributed by atoms with van der Waals surface area (Å²) in [6, 6.07) is 7.56. The summed E-state index contributed by atoms with van der Waals surface area (Å²) in [6.07, 6.45) is 0. The Labute approximate surface area is 183 Å². The third kappa shape index (κ3) is 5.34. The van der Waals surface area contributed by atoms with Crippen molar-refractivity contribution in [3.63, 3.8) is 0 Å². The number of nitrogens with zero attached hydrogens (tertiary/aromatic N) is 4. The number of benzene rings is 2. The van der Waals surface area contributed by atoms with Crippen LogP contribution in [0.15, 0.2) is 46.4 Å². The van der Waals surface area contributed by atoms with Gasteiger partial charge in [-0.1, -0.05) is 31.5 Å². The van der Waals surface area contributed by atoms with Crippen molar-refractivity contribution < 1.29 is 18.3 Å². The molecule has 0 heterocycles. The maximum atomic E-state index is 12.6. The molecule has 0 aliphatic carbocycles. The summed E-state index contributed by atoms with van der Waals surface area (Å²) < 4.78 is 26.5. The predicted octanol–water partition coefficient (Wildman–Crippen LogP) is 4.02. The van der Waals surface area contributed by atoms with E-state index in [2.05, 4.69) is 10.5 Å². The van der Waals surface area contributed by atoms with Crippen molar-refractivity contribution in [1.29, 1.82) is 0 Å². The van der Waals surface area contributed by atoms with Gasteiger partial charge in [-0.05, 0) is 25.1 Å². The van der Waals surface area contributed by atoms with E-state index in [0.717, 1.165) is 6.07 Å². The lowest BCUT2D eigenvalue weighted by atomic mass is 10.1. The van der Waals surface area contributed by atoms with E-state index in [4.69, 9.17) is 11.6 Å². The summed E-state index contributed by atoms with van der Waals surface area (Å²) in [5, 5.41) is 26.5. The normalized spacial score (nSPS) is 12.1. The van der Waals surface area contributed by atoms with Crippen molar-refractivity contribution in [2.45, 2.75) is 25.7 Å². The number of halogens is 1. The average Bonchev–Trinajstić information content (AvgIpc) is 2.72. The molecule has 0 bridgehead atoms. The lowest BCUT2D eigenvalue weighted by molar-refractivity contribution is -0.384. The van der Waals surface area contributed by atoms with Crippen molar-refractivity contribution in [3.05, 3.63) is 67.2 Å².